The number of nitrogens with one attached hydrogen (secondary N) is 1. The lowest BCUT2D eigenvalue weighted by Crippen LogP contribution is -2.31. The molecule has 0 saturated carbocycles. The highest BCUT2D eigenvalue weighted by atomic mass is 16.5. The molecule has 2 aromatic carbocycles. The Morgan fingerprint density at radius 1 is 1.03 bits per heavy atom. The van der Waals surface area contributed by atoms with Gasteiger partial charge in [0, 0.05) is 37.4 Å². The number of ether oxygens (including phenoxy) is 1. The van der Waals surface area contributed by atoms with Gasteiger partial charge in [-0.15, -0.1) is 0 Å². The molecule has 0 aliphatic carbocycles. The standard InChI is InChI=1S/C26H23N5O2/c1-30-15-13-27-25(30)24(19-8-3-2-4-9-19)29-26(32)20-10-7-11-22(16-20)33-18-21-17-31-14-6-5-12-23(31)28-21/h2-17,24H,18H2,1H3,(H,29,32). The van der Waals surface area contributed by atoms with Gasteiger partial charge in [0.15, 0.2) is 0 Å². The van der Waals surface area contributed by atoms with Gasteiger partial charge in [-0.3, -0.25) is 4.79 Å². The zero-order chi connectivity index (χ0) is 22.6. The highest BCUT2D eigenvalue weighted by Gasteiger charge is 2.21. The summed E-state index contributed by atoms with van der Waals surface area (Å²) in [5, 5.41) is 3.12. The molecule has 1 amide bonds. The summed E-state index contributed by atoms with van der Waals surface area (Å²) in [7, 11) is 1.91. The number of nitrogens with zero attached hydrogens (tertiary/aromatic N) is 4. The lowest BCUT2D eigenvalue weighted by molar-refractivity contribution is 0.0940. The number of benzene rings is 2. The first-order valence-electron chi connectivity index (χ1n) is 10.7. The minimum absolute atomic E-state index is 0.204. The number of rotatable bonds is 7. The van der Waals surface area contributed by atoms with Gasteiger partial charge in [0.1, 0.15) is 29.9 Å². The van der Waals surface area contributed by atoms with Crippen LogP contribution in [-0.4, -0.2) is 24.8 Å². The topological polar surface area (TPSA) is 73.5 Å². The van der Waals surface area contributed by atoms with Gasteiger partial charge in [0.05, 0.1) is 5.69 Å². The minimum Gasteiger partial charge on any atom is -0.487 e. The van der Waals surface area contributed by atoms with Crippen molar-refractivity contribution in [1.82, 2.24) is 24.3 Å². The maximum absolute atomic E-state index is 13.2. The molecule has 33 heavy (non-hydrogen) atoms. The Hall–Kier alpha value is -4.39. The van der Waals surface area contributed by atoms with Crippen LogP contribution in [0.4, 0.5) is 0 Å². The van der Waals surface area contributed by atoms with E-state index in [0.29, 0.717) is 17.9 Å². The summed E-state index contributed by atoms with van der Waals surface area (Å²) >= 11 is 0. The summed E-state index contributed by atoms with van der Waals surface area (Å²) in [6, 6.07) is 22.4. The van der Waals surface area contributed by atoms with E-state index in [1.807, 2.05) is 95.3 Å². The molecule has 0 bridgehead atoms. The Bertz CT molecular complexity index is 1360. The molecule has 1 unspecified atom stereocenters. The van der Waals surface area contributed by atoms with Crippen molar-refractivity contribution in [3.05, 3.63) is 120 Å². The van der Waals surface area contributed by atoms with Gasteiger partial charge >= 0.3 is 0 Å². The minimum atomic E-state index is -0.374. The van der Waals surface area contributed by atoms with Crippen molar-refractivity contribution in [2.24, 2.45) is 7.05 Å². The number of carbonyl (C=O) groups is 1. The van der Waals surface area contributed by atoms with Gasteiger partial charge in [0.2, 0.25) is 0 Å². The number of carbonyl (C=O) groups excluding carboxylic acids is 1. The van der Waals surface area contributed by atoms with Crippen molar-refractivity contribution < 1.29 is 9.53 Å². The maximum atomic E-state index is 13.2. The third-order valence-corrected chi connectivity index (χ3v) is 5.42. The predicted molar refractivity (Wildman–Crippen MR) is 125 cm³/mol. The first kappa shape index (κ1) is 20.5. The molecule has 0 spiro atoms. The van der Waals surface area contributed by atoms with Gasteiger partial charge < -0.3 is 19.0 Å². The second kappa shape index (κ2) is 9.00. The summed E-state index contributed by atoms with van der Waals surface area (Å²) in [6.45, 7) is 0.312. The van der Waals surface area contributed by atoms with Crippen molar-refractivity contribution in [3.8, 4) is 5.75 Å². The fourth-order valence-corrected chi connectivity index (χ4v) is 3.75. The van der Waals surface area contributed by atoms with E-state index in [0.717, 1.165) is 22.7 Å². The molecule has 7 nitrogen and oxygen atoms in total. The molecule has 0 aliphatic heterocycles. The molecule has 0 radical (unpaired) electrons. The van der Waals surface area contributed by atoms with Gasteiger partial charge in [-0.25, -0.2) is 9.97 Å². The second-order valence-corrected chi connectivity index (χ2v) is 7.73. The average Bonchev–Trinajstić information content (AvgIpc) is 3.47. The van der Waals surface area contributed by atoms with Crippen molar-refractivity contribution in [2.75, 3.05) is 0 Å². The largest absolute Gasteiger partial charge is 0.487 e. The number of hydrogen-bond acceptors (Lipinski definition) is 4. The van der Waals surface area contributed by atoms with Crippen LogP contribution < -0.4 is 10.1 Å². The van der Waals surface area contributed by atoms with Crippen LogP contribution in [0.5, 0.6) is 5.75 Å². The number of aromatic nitrogens is 4. The van der Waals surface area contributed by atoms with Crippen LogP contribution in [0.3, 0.4) is 0 Å². The fraction of sp³-hybridized carbons (Fsp3) is 0.115. The van der Waals surface area contributed by atoms with E-state index in [1.54, 1.807) is 18.3 Å². The summed E-state index contributed by atoms with van der Waals surface area (Å²) in [4.78, 5) is 22.2. The molecule has 3 aromatic heterocycles. The van der Waals surface area contributed by atoms with Gasteiger partial charge in [-0.2, -0.15) is 0 Å². The first-order valence-corrected chi connectivity index (χ1v) is 10.7. The summed E-state index contributed by atoms with van der Waals surface area (Å²) < 4.78 is 9.78. The Kier molecular flexibility index (Phi) is 5.59. The lowest BCUT2D eigenvalue weighted by atomic mass is 10.1. The molecule has 0 aliphatic rings. The van der Waals surface area contributed by atoms with Crippen molar-refractivity contribution in [2.45, 2.75) is 12.6 Å². The van der Waals surface area contributed by atoms with E-state index in [2.05, 4.69) is 15.3 Å². The molecule has 0 fully saturated rings. The number of pyridine rings is 1. The van der Waals surface area contributed by atoms with Gasteiger partial charge in [-0.1, -0.05) is 42.5 Å². The van der Waals surface area contributed by atoms with E-state index in [4.69, 9.17) is 4.74 Å². The number of fused-ring (bicyclic) bond motifs is 1. The third-order valence-electron chi connectivity index (χ3n) is 5.42. The van der Waals surface area contributed by atoms with Crippen molar-refractivity contribution >= 4 is 11.6 Å². The zero-order valence-corrected chi connectivity index (χ0v) is 18.1. The molecule has 1 atom stereocenters. The Labute approximate surface area is 191 Å². The first-order chi connectivity index (χ1) is 16.2. The van der Waals surface area contributed by atoms with Gasteiger partial charge in [0.25, 0.3) is 5.91 Å². The highest BCUT2D eigenvalue weighted by molar-refractivity contribution is 5.95. The Balaban J connectivity index is 1.33. The lowest BCUT2D eigenvalue weighted by Gasteiger charge is -2.19. The molecule has 5 aromatic rings. The normalized spacial score (nSPS) is 11.9. The van der Waals surface area contributed by atoms with Crippen LogP contribution in [0.25, 0.3) is 5.65 Å². The number of hydrogen-bond donors (Lipinski definition) is 1. The molecular formula is C26H23N5O2. The summed E-state index contributed by atoms with van der Waals surface area (Å²) in [6.07, 6.45) is 7.47. The monoisotopic (exact) mass is 437 g/mol. The number of amides is 1. The average molecular weight is 438 g/mol. The van der Waals surface area contributed by atoms with Crippen molar-refractivity contribution in [3.63, 3.8) is 0 Å². The Morgan fingerprint density at radius 3 is 2.67 bits per heavy atom. The molecule has 164 valence electrons. The predicted octanol–water partition coefficient (Wildman–Crippen LogP) is 4.17. The van der Waals surface area contributed by atoms with E-state index in [-0.39, 0.29) is 11.9 Å². The SMILES string of the molecule is Cn1ccnc1C(NC(=O)c1cccc(OCc2cn3ccccc3n2)c1)c1ccccc1. The fourth-order valence-electron chi connectivity index (χ4n) is 3.75. The third kappa shape index (κ3) is 4.48. The van der Waals surface area contributed by atoms with Crippen LogP contribution >= 0.6 is 0 Å². The van der Waals surface area contributed by atoms with E-state index < -0.39 is 0 Å². The van der Waals surface area contributed by atoms with E-state index >= 15 is 0 Å². The summed E-state index contributed by atoms with van der Waals surface area (Å²) in [5.74, 6) is 1.16. The number of imidazole rings is 2. The van der Waals surface area contributed by atoms with Crippen LogP contribution in [0.1, 0.15) is 33.5 Å². The zero-order valence-electron chi connectivity index (χ0n) is 18.1. The van der Waals surface area contributed by atoms with Crippen molar-refractivity contribution in [1.29, 1.82) is 0 Å². The molecule has 7 heteroatoms. The maximum Gasteiger partial charge on any atom is 0.252 e. The molecule has 0 saturated heterocycles. The summed E-state index contributed by atoms with van der Waals surface area (Å²) in [5.41, 5.74) is 3.15. The van der Waals surface area contributed by atoms with Crippen LogP contribution in [0.2, 0.25) is 0 Å². The second-order valence-electron chi connectivity index (χ2n) is 7.73. The smallest absolute Gasteiger partial charge is 0.252 e. The van der Waals surface area contributed by atoms with Crippen LogP contribution in [0.15, 0.2) is 97.6 Å². The van der Waals surface area contributed by atoms with E-state index in [9.17, 15) is 4.79 Å². The van der Waals surface area contributed by atoms with Crippen LogP contribution in [0, 0.1) is 0 Å². The van der Waals surface area contributed by atoms with Gasteiger partial charge in [-0.05, 0) is 35.9 Å². The Morgan fingerprint density at radius 2 is 1.88 bits per heavy atom. The quantitative estimate of drug-likeness (QED) is 0.415. The molecule has 3 heterocycles. The van der Waals surface area contributed by atoms with E-state index in [1.165, 1.54) is 0 Å². The molecule has 5 rings (SSSR count). The van der Waals surface area contributed by atoms with Crippen LogP contribution in [-0.2, 0) is 13.7 Å². The highest BCUT2D eigenvalue weighted by Crippen LogP contribution is 2.22. The molecular weight excluding hydrogens is 414 g/mol. The number of aryl methyl sites for hydroxylation is 1. The molecule has 1 N–H and O–H groups in total.